The van der Waals surface area contributed by atoms with Gasteiger partial charge in [-0.2, -0.15) is 0 Å². The maximum Gasteiger partial charge on any atom is 0.274 e. The number of hydrogen-bond acceptors (Lipinski definition) is 6. The standard InChI is InChI=1S/C22H27N5O5/c1-31-16-4-2-14(3-5-16)18-11-27-13-25-20(17(27)12-32-18)22(30)26-8-6-15(7-9-26)21(29)24-10-19(23)28/h2-5,13,15,18H,6-12H2,1H3,(H2,23,28)(H,24,29)/t18-/m0/s1. The molecule has 3 N–H and O–H groups in total. The summed E-state index contributed by atoms with van der Waals surface area (Å²) in [6, 6.07) is 7.74. The smallest absolute Gasteiger partial charge is 0.274 e. The molecule has 3 amide bonds. The van der Waals surface area contributed by atoms with E-state index >= 15 is 0 Å². The molecule has 0 spiro atoms. The number of aromatic nitrogens is 2. The summed E-state index contributed by atoms with van der Waals surface area (Å²) in [6.45, 7) is 1.61. The molecular formula is C22H27N5O5. The number of imidazole rings is 1. The number of likely N-dealkylation sites (tertiary alicyclic amines) is 1. The number of rotatable bonds is 6. The maximum atomic E-state index is 13.1. The van der Waals surface area contributed by atoms with Crippen molar-refractivity contribution in [1.82, 2.24) is 19.8 Å². The third-order valence-electron chi connectivity index (χ3n) is 6.01. The van der Waals surface area contributed by atoms with Crippen LogP contribution in [0.15, 0.2) is 30.6 Å². The van der Waals surface area contributed by atoms with E-state index in [4.69, 9.17) is 15.2 Å². The average molecular weight is 441 g/mol. The van der Waals surface area contributed by atoms with Crippen molar-refractivity contribution in [1.29, 1.82) is 0 Å². The monoisotopic (exact) mass is 441 g/mol. The zero-order valence-corrected chi connectivity index (χ0v) is 18.0. The first-order chi connectivity index (χ1) is 15.5. The lowest BCUT2D eigenvalue weighted by atomic mass is 9.95. The van der Waals surface area contributed by atoms with Gasteiger partial charge in [0, 0.05) is 19.0 Å². The van der Waals surface area contributed by atoms with Crippen LogP contribution >= 0.6 is 0 Å². The summed E-state index contributed by atoms with van der Waals surface area (Å²) in [4.78, 5) is 42.1. The number of fused-ring (bicyclic) bond motifs is 1. The highest BCUT2D eigenvalue weighted by Crippen LogP contribution is 2.29. The number of carbonyl (C=O) groups is 3. The quantitative estimate of drug-likeness (QED) is 0.676. The van der Waals surface area contributed by atoms with Gasteiger partial charge in [-0.25, -0.2) is 4.98 Å². The summed E-state index contributed by atoms with van der Waals surface area (Å²) in [5.74, 6) is -0.376. The first-order valence-electron chi connectivity index (χ1n) is 10.6. The zero-order valence-electron chi connectivity index (χ0n) is 18.0. The number of piperidine rings is 1. The van der Waals surface area contributed by atoms with Crippen molar-refractivity contribution in [2.24, 2.45) is 11.7 Å². The van der Waals surface area contributed by atoms with E-state index in [9.17, 15) is 14.4 Å². The van der Waals surface area contributed by atoms with Gasteiger partial charge in [-0.15, -0.1) is 0 Å². The van der Waals surface area contributed by atoms with E-state index in [1.54, 1.807) is 18.3 Å². The Bertz CT molecular complexity index is 995. The first kappa shape index (κ1) is 21.8. The summed E-state index contributed by atoms with van der Waals surface area (Å²) in [5, 5.41) is 2.53. The molecule has 0 saturated carbocycles. The molecule has 0 radical (unpaired) electrons. The fraction of sp³-hybridized carbons (Fsp3) is 0.455. The van der Waals surface area contributed by atoms with Crippen LogP contribution < -0.4 is 15.8 Å². The second kappa shape index (κ2) is 9.39. The van der Waals surface area contributed by atoms with E-state index < -0.39 is 5.91 Å². The SMILES string of the molecule is COc1ccc([C@@H]2Cn3cnc(C(=O)N4CCC(C(=O)NCC(N)=O)CC4)c3CO2)cc1. The third kappa shape index (κ3) is 4.59. The summed E-state index contributed by atoms with van der Waals surface area (Å²) < 4.78 is 13.2. The normalized spacial score (nSPS) is 18.7. The van der Waals surface area contributed by atoms with E-state index in [1.807, 2.05) is 28.8 Å². The number of primary amides is 1. The van der Waals surface area contributed by atoms with Crippen LogP contribution in [0.25, 0.3) is 0 Å². The molecule has 3 heterocycles. The number of nitrogens with two attached hydrogens (primary N) is 1. The molecule has 1 atom stereocenters. The van der Waals surface area contributed by atoms with E-state index in [2.05, 4.69) is 10.3 Å². The Morgan fingerprint density at radius 2 is 1.94 bits per heavy atom. The molecule has 1 aromatic heterocycles. The molecule has 0 bridgehead atoms. The third-order valence-corrected chi connectivity index (χ3v) is 6.01. The number of ether oxygens (including phenoxy) is 2. The van der Waals surface area contributed by atoms with Gasteiger partial charge in [0.15, 0.2) is 5.69 Å². The molecule has 32 heavy (non-hydrogen) atoms. The van der Waals surface area contributed by atoms with Crippen molar-refractivity contribution in [3.05, 3.63) is 47.5 Å². The number of nitrogens with zero attached hydrogens (tertiary/aromatic N) is 3. The fourth-order valence-corrected chi connectivity index (χ4v) is 4.14. The fourth-order valence-electron chi connectivity index (χ4n) is 4.14. The van der Waals surface area contributed by atoms with Gasteiger partial charge < -0.3 is 30.0 Å². The van der Waals surface area contributed by atoms with Gasteiger partial charge in [0.1, 0.15) is 11.9 Å². The summed E-state index contributed by atoms with van der Waals surface area (Å²) in [7, 11) is 1.63. The predicted octanol–water partition coefficient (Wildman–Crippen LogP) is 0.617. The molecular weight excluding hydrogens is 414 g/mol. The molecule has 1 fully saturated rings. The van der Waals surface area contributed by atoms with Gasteiger partial charge >= 0.3 is 0 Å². The minimum Gasteiger partial charge on any atom is -0.497 e. The molecule has 1 saturated heterocycles. The Kier molecular flexibility index (Phi) is 6.40. The lowest BCUT2D eigenvalue weighted by molar-refractivity contribution is -0.128. The highest BCUT2D eigenvalue weighted by Gasteiger charge is 2.32. The minimum absolute atomic E-state index is 0.125. The second-order valence-electron chi connectivity index (χ2n) is 8.02. The van der Waals surface area contributed by atoms with Gasteiger partial charge in [-0.1, -0.05) is 12.1 Å². The second-order valence-corrected chi connectivity index (χ2v) is 8.02. The molecule has 2 aromatic rings. The van der Waals surface area contributed by atoms with Crippen molar-refractivity contribution in [2.75, 3.05) is 26.7 Å². The van der Waals surface area contributed by atoms with E-state index in [-0.39, 0.29) is 30.4 Å². The molecule has 0 unspecified atom stereocenters. The Balaban J connectivity index is 1.36. The van der Waals surface area contributed by atoms with Crippen LogP contribution in [0.4, 0.5) is 0 Å². The van der Waals surface area contributed by atoms with Crippen LogP contribution in [0, 0.1) is 5.92 Å². The molecule has 2 aliphatic rings. The average Bonchev–Trinajstić information content (AvgIpc) is 3.25. The van der Waals surface area contributed by atoms with Crippen molar-refractivity contribution < 1.29 is 23.9 Å². The van der Waals surface area contributed by atoms with Gasteiger partial charge in [0.25, 0.3) is 5.91 Å². The highest BCUT2D eigenvalue weighted by molar-refractivity contribution is 5.93. The molecule has 1 aromatic carbocycles. The molecule has 2 aliphatic heterocycles. The number of methoxy groups -OCH3 is 1. The van der Waals surface area contributed by atoms with Gasteiger partial charge in [0.2, 0.25) is 11.8 Å². The first-order valence-corrected chi connectivity index (χ1v) is 10.6. The number of benzene rings is 1. The number of carbonyl (C=O) groups excluding carboxylic acids is 3. The van der Waals surface area contributed by atoms with Crippen LogP contribution in [0.5, 0.6) is 5.75 Å². The molecule has 4 rings (SSSR count). The van der Waals surface area contributed by atoms with Gasteiger partial charge in [-0.05, 0) is 30.5 Å². The largest absolute Gasteiger partial charge is 0.497 e. The Labute approximate surface area is 185 Å². The Morgan fingerprint density at radius 1 is 1.22 bits per heavy atom. The van der Waals surface area contributed by atoms with Crippen molar-refractivity contribution in [3.63, 3.8) is 0 Å². The van der Waals surface area contributed by atoms with Crippen molar-refractivity contribution in [3.8, 4) is 5.75 Å². The van der Waals surface area contributed by atoms with Crippen LogP contribution in [-0.4, -0.2) is 58.9 Å². The van der Waals surface area contributed by atoms with Crippen molar-refractivity contribution >= 4 is 17.7 Å². The number of amides is 3. The zero-order chi connectivity index (χ0) is 22.7. The number of hydrogen-bond donors (Lipinski definition) is 2. The topological polar surface area (TPSA) is 129 Å². The van der Waals surface area contributed by atoms with Crippen LogP contribution in [0.3, 0.4) is 0 Å². The highest BCUT2D eigenvalue weighted by atomic mass is 16.5. The molecule has 10 nitrogen and oxygen atoms in total. The Morgan fingerprint density at radius 3 is 2.59 bits per heavy atom. The maximum absolute atomic E-state index is 13.1. The van der Waals surface area contributed by atoms with Gasteiger partial charge in [-0.3, -0.25) is 14.4 Å². The summed E-state index contributed by atoms with van der Waals surface area (Å²) >= 11 is 0. The predicted molar refractivity (Wildman–Crippen MR) is 114 cm³/mol. The molecule has 170 valence electrons. The van der Waals surface area contributed by atoms with E-state index in [0.29, 0.717) is 44.8 Å². The van der Waals surface area contributed by atoms with E-state index in [1.165, 1.54) is 0 Å². The van der Waals surface area contributed by atoms with Crippen LogP contribution in [0.1, 0.15) is 40.7 Å². The van der Waals surface area contributed by atoms with Gasteiger partial charge in [0.05, 0.1) is 38.8 Å². The molecule has 10 heteroatoms. The van der Waals surface area contributed by atoms with Crippen molar-refractivity contribution in [2.45, 2.75) is 32.1 Å². The lowest BCUT2D eigenvalue weighted by Gasteiger charge is -2.31. The Hall–Kier alpha value is -3.40. The van der Waals surface area contributed by atoms with Crippen LogP contribution in [0.2, 0.25) is 0 Å². The summed E-state index contributed by atoms with van der Waals surface area (Å²) in [6.07, 6.45) is 2.62. The minimum atomic E-state index is -0.577. The van der Waals surface area contributed by atoms with E-state index in [0.717, 1.165) is 17.0 Å². The number of nitrogens with one attached hydrogen (secondary N) is 1. The molecule has 0 aliphatic carbocycles. The van der Waals surface area contributed by atoms with Crippen LogP contribution in [-0.2, 0) is 27.5 Å². The lowest BCUT2D eigenvalue weighted by Crippen LogP contribution is -2.44. The summed E-state index contributed by atoms with van der Waals surface area (Å²) in [5.41, 5.74) is 7.26.